The normalized spacial score (nSPS) is 9.57. The summed E-state index contributed by atoms with van der Waals surface area (Å²) in [6.45, 7) is 12.1. The van der Waals surface area contributed by atoms with Crippen molar-refractivity contribution in [1.29, 1.82) is 0 Å². The van der Waals surface area contributed by atoms with Crippen molar-refractivity contribution < 1.29 is 14.3 Å². The number of hydrogen-bond donors (Lipinski definition) is 0. The van der Waals surface area contributed by atoms with Gasteiger partial charge in [-0.3, -0.25) is 0 Å². The van der Waals surface area contributed by atoms with E-state index in [4.69, 9.17) is 9.47 Å². The Hall–Kier alpha value is -1.09. The van der Waals surface area contributed by atoms with Crippen LogP contribution in [0.5, 0.6) is 0 Å². The number of carbonyl (C=O) groups is 1. The van der Waals surface area contributed by atoms with Gasteiger partial charge in [0.1, 0.15) is 0 Å². The van der Waals surface area contributed by atoms with E-state index in [1.807, 2.05) is 6.92 Å². The highest BCUT2D eigenvalue weighted by Gasteiger charge is 2.07. The van der Waals surface area contributed by atoms with Crippen LogP contribution in [0.2, 0.25) is 0 Å². The lowest BCUT2D eigenvalue weighted by molar-refractivity contribution is -0.139. The van der Waals surface area contributed by atoms with Crippen LogP contribution in [0.25, 0.3) is 0 Å². The lowest BCUT2D eigenvalue weighted by Crippen LogP contribution is -2.12. The monoisotopic (exact) mass is 198 g/mol. The third-order valence-corrected chi connectivity index (χ3v) is 1.65. The molecule has 0 aliphatic carbocycles. The Bertz CT molecular complexity index is 219. The van der Waals surface area contributed by atoms with Crippen molar-refractivity contribution in [2.75, 3.05) is 19.8 Å². The second-order valence-electron chi connectivity index (χ2n) is 2.92. The molecule has 0 aromatic carbocycles. The quantitative estimate of drug-likeness (QED) is 0.357. The van der Waals surface area contributed by atoms with Crippen molar-refractivity contribution in [3.05, 3.63) is 24.3 Å². The minimum absolute atomic E-state index is 0.206. The van der Waals surface area contributed by atoms with Gasteiger partial charge in [0.15, 0.2) is 0 Å². The van der Waals surface area contributed by atoms with E-state index in [0.717, 1.165) is 12.0 Å². The molecule has 0 heterocycles. The minimum atomic E-state index is -0.394. The van der Waals surface area contributed by atoms with Gasteiger partial charge in [0.05, 0.1) is 25.4 Å². The van der Waals surface area contributed by atoms with Gasteiger partial charge < -0.3 is 9.47 Å². The molecule has 0 N–H and O–H groups in total. The van der Waals surface area contributed by atoms with Crippen LogP contribution in [-0.2, 0) is 14.3 Å². The molecule has 0 amide bonds. The summed E-state index contributed by atoms with van der Waals surface area (Å²) in [7, 11) is 0. The smallest absolute Gasteiger partial charge is 0.335 e. The van der Waals surface area contributed by atoms with E-state index < -0.39 is 5.97 Å². The first kappa shape index (κ1) is 12.9. The van der Waals surface area contributed by atoms with Crippen molar-refractivity contribution in [3.63, 3.8) is 0 Å². The highest BCUT2D eigenvalue weighted by Crippen LogP contribution is 2.00. The lowest BCUT2D eigenvalue weighted by atomic mass is 10.2. The molecule has 0 saturated heterocycles. The SMILES string of the molecule is C=C(CC)COCC(=C)C(=O)OCC. The van der Waals surface area contributed by atoms with Crippen LogP contribution >= 0.6 is 0 Å². The number of ether oxygens (including phenoxy) is 2. The van der Waals surface area contributed by atoms with Crippen LogP contribution in [0.1, 0.15) is 20.3 Å². The first-order valence-electron chi connectivity index (χ1n) is 4.71. The third-order valence-electron chi connectivity index (χ3n) is 1.65. The number of carbonyl (C=O) groups excluding carboxylic acids is 1. The Morgan fingerprint density at radius 3 is 2.36 bits per heavy atom. The Kier molecular flexibility index (Phi) is 6.76. The van der Waals surface area contributed by atoms with Gasteiger partial charge in [0.25, 0.3) is 0 Å². The maximum absolute atomic E-state index is 11.1. The summed E-state index contributed by atoms with van der Waals surface area (Å²) in [5.74, 6) is -0.394. The summed E-state index contributed by atoms with van der Waals surface area (Å²) >= 11 is 0. The maximum atomic E-state index is 11.1. The predicted molar refractivity (Wildman–Crippen MR) is 56.0 cm³/mol. The highest BCUT2D eigenvalue weighted by atomic mass is 16.5. The Labute approximate surface area is 85.4 Å². The van der Waals surface area contributed by atoms with E-state index in [1.54, 1.807) is 6.92 Å². The molecule has 0 unspecified atom stereocenters. The summed E-state index contributed by atoms with van der Waals surface area (Å²) in [4.78, 5) is 11.1. The van der Waals surface area contributed by atoms with Crippen molar-refractivity contribution in [1.82, 2.24) is 0 Å². The molecule has 3 heteroatoms. The lowest BCUT2D eigenvalue weighted by Gasteiger charge is -2.07. The van der Waals surface area contributed by atoms with Crippen LogP contribution in [0, 0.1) is 0 Å². The van der Waals surface area contributed by atoms with Crippen LogP contribution in [0.4, 0.5) is 0 Å². The molecular weight excluding hydrogens is 180 g/mol. The van der Waals surface area contributed by atoms with Gasteiger partial charge in [0, 0.05) is 0 Å². The van der Waals surface area contributed by atoms with Gasteiger partial charge in [-0.05, 0) is 13.3 Å². The largest absolute Gasteiger partial charge is 0.463 e. The average molecular weight is 198 g/mol. The Morgan fingerprint density at radius 1 is 1.21 bits per heavy atom. The zero-order valence-electron chi connectivity index (χ0n) is 8.97. The van der Waals surface area contributed by atoms with Crippen molar-refractivity contribution in [3.8, 4) is 0 Å². The fraction of sp³-hybridized carbons (Fsp3) is 0.545. The average Bonchev–Trinajstić information content (AvgIpc) is 2.17. The predicted octanol–water partition coefficient (Wildman–Crippen LogP) is 2.09. The summed E-state index contributed by atoms with van der Waals surface area (Å²) in [6.07, 6.45) is 0.881. The van der Waals surface area contributed by atoms with Crippen LogP contribution in [0.15, 0.2) is 24.3 Å². The van der Waals surface area contributed by atoms with Gasteiger partial charge in [-0.25, -0.2) is 4.79 Å². The minimum Gasteiger partial charge on any atom is -0.463 e. The van der Waals surface area contributed by atoms with Gasteiger partial charge in [-0.2, -0.15) is 0 Å². The van der Waals surface area contributed by atoms with Crippen LogP contribution < -0.4 is 0 Å². The molecule has 3 nitrogen and oxygen atoms in total. The fourth-order valence-electron chi connectivity index (χ4n) is 0.713. The molecule has 0 bridgehead atoms. The Morgan fingerprint density at radius 2 is 1.86 bits per heavy atom. The highest BCUT2D eigenvalue weighted by molar-refractivity contribution is 5.87. The second-order valence-corrected chi connectivity index (χ2v) is 2.92. The van der Waals surface area contributed by atoms with E-state index in [0.29, 0.717) is 18.8 Å². The van der Waals surface area contributed by atoms with Gasteiger partial charge in [-0.1, -0.05) is 25.7 Å². The zero-order valence-corrected chi connectivity index (χ0v) is 8.97. The van der Waals surface area contributed by atoms with E-state index in [2.05, 4.69) is 13.2 Å². The summed E-state index contributed by atoms with van der Waals surface area (Å²) in [6, 6.07) is 0. The van der Waals surface area contributed by atoms with Crippen molar-refractivity contribution in [2.24, 2.45) is 0 Å². The Balaban J connectivity index is 3.63. The summed E-state index contributed by atoms with van der Waals surface area (Å²) in [5, 5.41) is 0. The number of esters is 1. The van der Waals surface area contributed by atoms with E-state index in [-0.39, 0.29) is 6.61 Å². The molecular formula is C11H18O3. The molecule has 0 spiro atoms. The van der Waals surface area contributed by atoms with Crippen molar-refractivity contribution >= 4 is 5.97 Å². The molecule has 0 aromatic rings. The molecule has 0 rings (SSSR count). The standard InChI is InChI=1S/C11H18O3/c1-5-9(3)7-13-8-10(4)11(12)14-6-2/h3-8H2,1-2H3. The maximum Gasteiger partial charge on any atom is 0.335 e. The summed E-state index contributed by atoms with van der Waals surface area (Å²) < 4.78 is 9.96. The van der Waals surface area contributed by atoms with E-state index in [1.165, 1.54) is 0 Å². The van der Waals surface area contributed by atoms with E-state index >= 15 is 0 Å². The van der Waals surface area contributed by atoms with Crippen molar-refractivity contribution in [2.45, 2.75) is 20.3 Å². The first-order valence-corrected chi connectivity index (χ1v) is 4.71. The molecule has 0 aliphatic rings. The van der Waals surface area contributed by atoms with Gasteiger partial charge in [-0.15, -0.1) is 0 Å². The molecule has 80 valence electrons. The molecule has 0 aliphatic heterocycles. The second kappa shape index (κ2) is 7.33. The zero-order chi connectivity index (χ0) is 11.0. The summed E-state index contributed by atoms with van der Waals surface area (Å²) in [5.41, 5.74) is 1.34. The fourth-order valence-corrected chi connectivity index (χ4v) is 0.713. The van der Waals surface area contributed by atoms with Crippen LogP contribution in [0.3, 0.4) is 0 Å². The van der Waals surface area contributed by atoms with Gasteiger partial charge >= 0.3 is 5.97 Å². The molecule has 0 fully saturated rings. The number of hydrogen-bond acceptors (Lipinski definition) is 3. The topological polar surface area (TPSA) is 35.5 Å². The molecule has 14 heavy (non-hydrogen) atoms. The molecule has 0 radical (unpaired) electrons. The molecule has 0 atom stereocenters. The number of rotatable bonds is 7. The van der Waals surface area contributed by atoms with Crippen LogP contribution in [-0.4, -0.2) is 25.8 Å². The first-order chi connectivity index (χ1) is 6.61. The third kappa shape index (κ3) is 5.54. The molecule has 0 aromatic heterocycles. The van der Waals surface area contributed by atoms with Gasteiger partial charge in [0.2, 0.25) is 0 Å². The molecule has 0 saturated carbocycles. The van der Waals surface area contributed by atoms with E-state index in [9.17, 15) is 4.79 Å².